The summed E-state index contributed by atoms with van der Waals surface area (Å²) < 4.78 is 5.15. The number of aliphatic carboxylic acids is 1. The zero-order valence-corrected chi connectivity index (χ0v) is 9.89. The van der Waals surface area contributed by atoms with E-state index in [1.54, 1.807) is 4.90 Å². The summed E-state index contributed by atoms with van der Waals surface area (Å²) in [5.74, 6) is 0.747. The fourth-order valence-electron chi connectivity index (χ4n) is 2.00. The predicted octanol–water partition coefficient (Wildman–Crippen LogP) is 0.348. The average molecular weight is 239 g/mol. The maximum Gasteiger partial charge on any atom is 0.311 e. The van der Waals surface area contributed by atoms with E-state index >= 15 is 0 Å². The number of carbonyl (C=O) groups is 2. The number of ether oxygens (including phenoxy) is 1. The molecule has 2 atom stereocenters. The molecule has 1 rings (SSSR count). The molecular formula is C12H17NO4. The number of likely N-dealkylation sites (N-methyl/N-ethyl adjacent to an activating group) is 1. The van der Waals surface area contributed by atoms with E-state index < -0.39 is 11.9 Å². The fourth-order valence-corrected chi connectivity index (χ4v) is 2.00. The minimum absolute atomic E-state index is 0.104. The van der Waals surface area contributed by atoms with Crippen molar-refractivity contribution >= 4 is 11.9 Å². The van der Waals surface area contributed by atoms with Crippen molar-refractivity contribution in [2.75, 3.05) is 19.8 Å². The SMILES string of the molecule is C#CCCC(=O)N(CC)C1COCC1C(=O)O. The highest BCUT2D eigenvalue weighted by atomic mass is 16.5. The Morgan fingerprint density at radius 1 is 1.53 bits per heavy atom. The van der Waals surface area contributed by atoms with Gasteiger partial charge in [0.05, 0.1) is 19.3 Å². The molecule has 1 amide bonds. The van der Waals surface area contributed by atoms with Crippen molar-refractivity contribution in [2.45, 2.75) is 25.8 Å². The lowest BCUT2D eigenvalue weighted by Gasteiger charge is -2.29. The van der Waals surface area contributed by atoms with Crippen LogP contribution >= 0.6 is 0 Å². The third-order valence-electron chi connectivity index (χ3n) is 2.91. The van der Waals surface area contributed by atoms with Gasteiger partial charge >= 0.3 is 5.97 Å². The Morgan fingerprint density at radius 2 is 2.24 bits per heavy atom. The summed E-state index contributed by atoms with van der Waals surface area (Å²) in [4.78, 5) is 24.4. The van der Waals surface area contributed by atoms with E-state index in [0.717, 1.165) is 0 Å². The van der Waals surface area contributed by atoms with Gasteiger partial charge in [0.1, 0.15) is 5.92 Å². The average Bonchev–Trinajstić information content (AvgIpc) is 2.76. The summed E-state index contributed by atoms with van der Waals surface area (Å²) in [6, 6.07) is -0.372. The van der Waals surface area contributed by atoms with Crippen LogP contribution in [-0.4, -0.2) is 47.7 Å². The highest BCUT2D eigenvalue weighted by Crippen LogP contribution is 2.20. The molecule has 94 valence electrons. The Kier molecular flexibility index (Phi) is 4.98. The summed E-state index contributed by atoms with van der Waals surface area (Å²) in [5.41, 5.74) is 0. The molecule has 0 aromatic rings. The van der Waals surface area contributed by atoms with Crippen LogP contribution in [0, 0.1) is 18.3 Å². The molecule has 1 aliphatic heterocycles. The molecule has 1 saturated heterocycles. The van der Waals surface area contributed by atoms with Crippen LogP contribution in [0.4, 0.5) is 0 Å². The zero-order chi connectivity index (χ0) is 12.8. The Hall–Kier alpha value is -1.54. The summed E-state index contributed by atoms with van der Waals surface area (Å²) in [6.45, 7) is 2.75. The summed E-state index contributed by atoms with van der Waals surface area (Å²) in [5, 5.41) is 9.04. The van der Waals surface area contributed by atoms with E-state index in [-0.39, 0.29) is 31.6 Å². The summed E-state index contributed by atoms with van der Waals surface area (Å²) >= 11 is 0. The highest BCUT2D eigenvalue weighted by Gasteiger charge is 2.39. The van der Waals surface area contributed by atoms with Crippen LogP contribution in [0.3, 0.4) is 0 Å². The lowest BCUT2D eigenvalue weighted by Crippen LogP contribution is -2.46. The van der Waals surface area contributed by atoms with Crippen molar-refractivity contribution in [2.24, 2.45) is 5.92 Å². The second-order valence-electron chi connectivity index (χ2n) is 3.93. The lowest BCUT2D eigenvalue weighted by atomic mass is 10.0. The molecule has 17 heavy (non-hydrogen) atoms. The van der Waals surface area contributed by atoms with E-state index in [4.69, 9.17) is 16.3 Å². The minimum atomic E-state index is -0.921. The molecule has 0 radical (unpaired) electrons. The third kappa shape index (κ3) is 3.21. The molecule has 1 heterocycles. The van der Waals surface area contributed by atoms with Crippen LogP contribution < -0.4 is 0 Å². The number of rotatable bonds is 5. The predicted molar refractivity (Wildman–Crippen MR) is 61.2 cm³/mol. The second-order valence-corrected chi connectivity index (χ2v) is 3.93. The molecule has 0 aromatic carbocycles. The van der Waals surface area contributed by atoms with Crippen LogP contribution in [0.25, 0.3) is 0 Å². The Balaban J connectivity index is 2.69. The first-order valence-electron chi connectivity index (χ1n) is 5.65. The van der Waals surface area contributed by atoms with E-state index in [2.05, 4.69) is 5.92 Å². The van der Waals surface area contributed by atoms with Gasteiger partial charge in [-0.15, -0.1) is 12.3 Å². The Bertz CT molecular complexity index is 334. The Labute approximate surface area is 101 Å². The van der Waals surface area contributed by atoms with E-state index in [1.807, 2.05) is 6.92 Å². The molecule has 1 aliphatic rings. The molecule has 0 aliphatic carbocycles. The maximum atomic E-state index is 11.9. The van der Waals surface area contributed by atoms with E-state index in [0.29, 0.717) is 13.0 Å². The number of carbonyl (C=O) groups excluding carboxylic acids is 1. The first kappa shape index (κ1) is 13.5. The van der Waals surface area contributed by atoms with Crippen LogP contribution in [0.2, 0.25) is 0 Å². The first-order valence-corrected chi connectivity index (χ1v) is 5.65. The monoisotopic (exact) mass is 239 g/mol. The van der Waals surface area contributed by atoms with Gasteiger partial charge in [-0.25, -0.2) is 0 Å². The van der Waals surface area contributed by atoms with Crippen molar-refractivity contribution in [1.82, 2.24) is 4.90 Å². The number of carboxylic acids is 1. The van der Waals surface area contributed by atoms with Gasteiger partial charge in [0, 0.05) is 19.4 Å². The van der Waals surface area contributed by atoms with Crippen molar-refractivity contribution in [3.8, 4) is 12.3 Å². The lowest BCUT2D eigenvalue weighted by molar-refractivity contribution is -0.145. The molecular weight excluding hydrogens is 222 g/mol. The summed E-state index contributed by atoms with van der Waals surface area (Å²) in [7, 11) is 0. The van der Waals surface area contributed by atoms with Crippen molar-refractivity contribution in [3.05, 3.63) is 0 Å². The Morgan fingerprint density at radius 3 is 2.76 bits per heavy atom. The van der Waals surface area contributed by atoms with Gasteiger partial charge < -0.3 is 14.7 Å². The van der Waals surface area contributed by atoms with Gasteiger partial charge in [-0.05, 0) is 6.92 Å². The molecule has 1 N–H and O–H groups in total. The van der Waals surface area contributed by atoms with Crippen LogP contribution in [-0.2, 0) is 14.3 Å². The van der Waals surface area contributed by atoms with Crippen molar-refractivity contribution in [3.63, 3.8) is 0 Å². The molecule has 0 aromatic heterocycles. The molecule has 5 heteroatoms. The molecule has 0 saturated carbocycles. The van der Waals surface area contributed by atoms with Gasteiger partial charge in [-0.3, -0.25) is 9.59 Å². The topological polar surface area (TPSA) is 66.8 Å². The normalized spacial score (nSPS) is 23.1. The molecule has 5 nitrogen and oxygen atoms in total. The second kappa shape index (κ2) is 6.26. The number of terminal acetylenes is 1. The van der Waals surface area contributed by atoms with Crippen molar-refractivity contribution in [1.29, 1.82) is 0 Å². The highest BCUT2D eigenvalue weighted by molar-refractivity contribution is 5.78. The van der Waals surface area contributed by atoms with Gasteiger partial charge in [0.15, 0.2) is 0 Å². The van der Waals surface area contributed by atoms with Gasteiger partial charge in [0.25, 0.3) is 0 Å². The molecule has 0 bridgehead atoms. The largest absolute Gasteiger partial charge is 0.481 e. The van der Waals surface area contributed by atoms with Gasteiger partial charge in [-0.1, -0.05) is 0 Å². The van der Waals surface area contributed by atoms with Gasteiger partial charge in [-0.2, -0.15) is 0 Å². The third-order valence-corrected chi connectivity index (χ3v) is 2.91. The zero-order valence-electron chi connectivity index (χ0n) is 9.89. The fraction of sp³-hybridized carbons (Fsp3) is 0.667. The number of amides is 1. The van der Waals surface area contributed by atoms with Crippen molar-refractivity contribution < 1.29 is 19.4 Å². The summed E-state index contributed by atoms with van der Waals surface area (Å²) in [6.07, 6.45) is 5.74. The molecule has 2 unspecified atom stereocenters. The number of nitrogens with zero attached hydrogens (tertiary/aromatic N) is 1. The van der Waals surface area contributed by atoms with E-state index in [1.165, 1.54) is 0 Å². The number of hydrogen-bond acceptors (Lipinski definition) is 3. The van der Waals surface area contributed by atoms with E-state index in [9.17, 15) is 9.59 Å². The molecule has 0 spiro atoms. The molecule has 1 fully saturated rings. The minimum Gasteiger partial charge on any atom is -0.481 e. The van der Waals surface area contributed by atoms with Crippen LogP contribution in [0.1, 0.15) is 19.8 Å². The smallest absolute Gasteiger partial charge is 0.311 e. The van der Waals surface area contributed by atoms with Crippen LogP contribution in [0.15, 0.2) is 0 Å². The first-order chi connectivity index (χ1) is 8.11. The number of carboxylic acid groups (broad SMARTS) is 1. The quantitative estimate of drug-likeness (QED) is 0.703. The standard InChI is InChI=1S/C12H17NO4/c1-3-5-6-11(14)13(4-2)10-8-17-7-9(10)12(15)16/h1,9-10H,4-8H2,2H3,(H,15,16). The maximum absolute atomic E-state index is 11.9. The number of hydrogen-bond donors (Lipinski definition) is 1. The van der Waals surface area contributed by atoms with Crippen LogP contribution in [0.5, 0.6) is 0 Å². The van der Waals surface area contributed by atoms with Gasteiger partial charge in [0.2, 0.25) is 5.91 Å².